The summed E-state index contributed by atoms with van der Waals surface area (Å²) in [6.45, 7) is 6.23. The third-order valence-electron chi connectivity index (χ3n) is 3.82. The molecule has 116 valence electrons. The Labute approximate surface area is 134 Å². The minimum absolute atomic E-state index is 0.329. The van der Waals surface area contributed by atoms with Crippen molar-refractivity contribution in [3.05, 3.63) is 52.1 Å². The summed E-state index contributed by atoms with van der Waals surface area (Å²) in [5.41, 5.74) is 2.75. The van der Waals surface area contributed by atoms with Crippen LogP contribution in [-0.4, -0.2) is 26.4 Å². The highest BCUT2D eigenvalue weighted by atomic mass is 35.5. The molecule has 0 aromatic carbocycles. The predicted octanol–water partition coefficient (Wildman–Crippen LogP) is 3.35. The molecule has 2 aromatic heterocycles. The lowest BCUT2D eigenvalue weighted by Crippen LogP contribution is -2.31. The van der Waals surface area contributed by atoms with E-state index in [2.05, 4.69) is 33.7 Å². The highest BCUT2D eigenvalue weighted by molar-refractivity contribution is 6.30. The second kappa shape index (κ2) is 6.26. The van der Waals surface area contributed by atoms with E-state index in [0.717, 1.165) is 36.6 Å². The lowest BCUT2D eigenvalue weighted by Gasteiger charge is -2.28. The molecule has 2 aromatic rings. The van der Waals surface area contributed by atoms with Crippen LogP contribution in [0, 0.1) is 5.95 Å². The fraction of sp³-hybridized carbons (Fsp3) is 0.438. The summed E-state index contributed by atoms with van der Waals surface area (Å²) in [6.07, 6.45) is 4.08. The van der Waals surface area contributed by atoms with Crippen LogP contribution in [0.4, 0.5) is 4.39 Å². The maximum atomic E-state index is 13.7. The van der Waals surface area contributed by atoms with Gasteiger partial charge >= 0.3 is 0 Å². The Balaban J connectivity index is 1.76. The van der Waals surface area contributed by atoms with Gasteiger partial charge in [-0.3, -0.25) is 4.90 Å². The number of pyridine rings is 1. The van der Waals surface area contributed by atoms with E-state index < -0.39 is 5.95 Å². The van der Waals surface area contributed by atoms with Crippen LogP contribution in [0.3, 0.4) is 0 Å². The van der Waals surface area contributed by atoms with Crippen LogP contribution in [0.5, 0.6) is 0 Å². The highest BCUT2D eigenvalue weighted by Crippen LogP contribution is 2.22. The van der Waals surface area contributed by atoms with Crippen molar-refractivity contribution in [3.8, 4) is 0 Å². The molecule has 0 spiro atoms. The number of rotatable bonds is 3. The van der Waals surface area contributed by atoms with E-state index in [1.54, 1.807) is 6.07 Å². The van der Waals surface area contributed by atoms with Gasteiger partial charge in [0.1, 0.15) is 5.82 Å². The van der Waals surface area contributed by atoms with Crippen LogP contribution in [0.2, 0.25) is 5.02 Å². The van der Waals surface area contributed by atoms with Crippen molar-refractivity contribution in [3.63, 3.8) is 0 Å². The lowest BCUT2D eigenvalue weighted by molar-refractivity contribution is 0.238. The van der Waals surface area contributed by atoms with Gasteiger partial charge in [0.15, 0.2) is 0 Å². The van der Waals surface area contributed by atoms with Crippen LogP contribution in [0.1, 0.15) is 42.4 Å². The number of halogens is 2. The monoisotopic (exact) mass is 320 g/mol. The Morgan fingerprint density at radius 1 is 1.32 bits per heavy atom. The van der Waals surface area contributed by atoms with Crippen LogP contribution in [0.25, 0.3) is 0 Å². The molecular weight excluding hydrogens is 303 g/mol. The number of hydrogen-bond acceptors (Lipinski definition) is 4. The lowest BCUT2D eigenvalue weighted by atomic mass is 10.1. The van der Waals surface area contributed by atoms with Gasteiger partial charge in [0, 0.05) is 61.2 Å². The number of aromatic nitrogens is 3. The topological polar surface area (TPSA) is 41.9 Å². The van der Waals surface area contributed by atoms with Gasteiger partial charge < -0.3 is 0 Å². The van der Waals surface area contributed by atoms with Gasteiger partial charge in [0.05, 0.1) is 5.02 Å². The SMILES string of the molecule is CC(C)c1ncc2c(n1)CCN(Cc1cc(Cl)cnc1F)C2. The van der Waals surface area contributed by atoms with Crippen LogP contribution in [0.15, 0.2) is 18.5 Å². The maximum Gasteiger partial charge on any atom is 0.217 e. The molecule has 6 heteroatoms. The highest BCUT2D eigenvalue weighted by Gasteiger charge is 2.20. The zero-order valence-corrected chi connectivity index (χ0v) is 13.4. The molecule has 1 aliphatic rings. The molecule has 0 saturated heterocycles. The summed E-state index contributed by atoms with van der Waals surface area (Å²) in [5, 5.41) is 0.457. The van der Waals surface area contributed by atoms with Crippen molar-refractivity contribution in [2.75, 3.05) is 6.54 Å². The maximum absolute atomic E-state index is 13.7. The largest absolute Gasteiger partial charge is 0.294 e. The molecular formula is C16H18ClFN4. The zero-order valence-electron chi connectivity index (χ0n) is 12.7. The Bertz CT molecular complexity index is 690. The second-order valence-electron chi connectivity index (χ2n) is 5.92. The normalized spacial score (nSPS) is 15.1. The van der Waals surface area contributed by atoms with Crippen LogP contribution < -0.4 is 0 Å². The molecule has 0 unspecified atom stereocenters. The van der Waals surface area contributed by atoms with E-state index in [0.29, 0.717) is 23.0 Å². The smallest absolute Gasteiger partial charge is 0.217 e. The third-order valence-corrected chi connectivity index (χ3v) is 4.03. The average molecular weight is 321 g/mol. The molecule has 4 nitrogen and oxygen atoms in total. The molecule has 0 amide bonds. The molecule has 0 atom stereocenters. The second-order valence-corrected chi connectivity index (χ2v) is 6.36. The first kappa shape index (κ1) is 15.3. The van der Waals surface area contributed by atoms with Gasteiger partial charge in [-0.15, -0.1) is 0 Å². The Hall–Kier alpha value is -1.59. The van der Waals surface area contributed by atoms with Crippen molar-refractivity contribution in [1.29, 1.82) is 0 Å². The van der Waals surface area contributed by atoms with E-state index in [-0.39, 0.29) is 0 Å². The molecule has 3 heterocycles. The number of hydrogen-bond donors (Lipinski definition) is 0. The minimum Gasteiger partial charge on any atom is -0.294 e. The van der Waals surface area contributed by atoms with Crippen LogP contribution in [-0.2, 0) is 19.5 Å². The van der Waals surface area contributed by atoms with Crippen molar-refractivity contribution in [2.24, 2.45) is 0 Å². The summed E-state index contributed by atoms with van der Waals surface area (Å²) in [6, 6.07) is 1.64. The fourth-order valence-electron chi connectivity index (χ4n) is 2.62. The summed E-state index contributed by atoms with van der Waals surface area (Å²) in [5.74, 6) is 0.758. The quantitative estimate of drug-likeness (QED) is 0.813. The van der Waals surface area contributed by atoms with E-state index in [4.69, 9.17) is 11.6 Å². The van der Waals surface area contributed by atoms with Gasteiger partial charge in [0.25, 0.3) is 0 Å². The molecule has 3 rings (SSSR count). The minimum atomic E-state index is -0.457. The zero-order chi connectivity index (χ0) is 15.7. The van der Waals surface area contributed by atoms with E-state index in [9.17, 15) is 4.39 Å². The fourth-order valence-corrected chi connectivity index (χ4v) is 2.80. The number of nitrogens with zero attached hydrogens (tertiary/aromatic N) is 4. The van der Waals surface area contributed by atoms with Crippen molar-refractivity contribution >= 4 is 11.6 Å². The molecule has 0 radical (unpaired) electrons. The summed E-state index contributed by atoms with van der Waals surface area (Å²) in [7, 11) is 0. The molecule has 0 saturated carbocycles. The molecule has 0 fully saturated rings. The average Bonchev–Trinajstić information content (AvgIpc) is 2.50. The molecule has 0 aliphatic carbocycles. The number of fused-ring (bicyclic) bond motifs is 1. The van der Waals surface area contributed by atoms with E-state index in [1.165, 1.54) is 6.20 Å². The van der Waals surface area contributed by atoms with Gasteiger partial charge in [-0.05, 0) is 6.07 Å². The van der Waals surface area contributed by atoms with Crippen molar-refractivity contribution in [1.82, 2.24) is 19.9 Å². The molecule has 1 aliphatic heterocycles. The van der Waals surface area contributed by atoms with Gasteiger partial charge in [0.2, 0.25) is 5.95 Å². The first-order chi connectivity index (χ1) is 10.5. The third kappa shape index (κ3) is 3.25. The Morgan fingerprint density at radius 3 is 2.91 bits per heavy atom. The Morgan fingerprint density at radius 2 is 2.14 bits per heavy atom. The summed E-state index contributed by atoms with van der Waals surface area (Å²) >= 11 is 5.89. The van der Waals surface area contributed by atoms with E-state index in [1.807, 2.05) is 6.20 Å². The first-order valence-corrected chi connectivity index (χ1v) is 7.77. The first-order valence-electron chi connectivity index (χ1n) is 7.40. The Kier molecular flexibility index (Phi) is 4.36. The van der Waals surface area contributed by atoms with Gasteiger partial charge in [-0.25, -0.2) is 15.0 Å². The molecule has 22 heavy (non-hydrogen) atoms. The molecule has 0 N–H and O–H groups in total. The van der Waals surface area contributed by atoms with Gasteiger partial charge in [-0.1, -0.05) is 25.4 Å². The van der Waals surface area contributed by atoms with Gasteiger partial charge in [-0.2, -0.15) is 4.39 Å². The summed E-state index contributed by atoms with van der Waals surface area (Å²) < 4.78 is 13.7. The summed E-state index contributed by atoms with van der Waals surface area (Å²) in [4.78, 5) is 14.9. The van der Waals surface area contributed by atoms with E-state index >= 15 is 0 Å². The van der Waals surface area contributed by atoms with Crippen molar-refractivity contribution in [2.45, 2.75) is 39.3 Å². The molecule has 0 bridgehead atoms. The van der Waals surface area contributed by atoms with Crippen molar-refractivity contribution < 1.29 is 4.39 Å². The van der Waals surface area contributed by atoms with Crippen LogP contribution >= 0.6 is 11.6 Å². The predicted molar refractivity (Wildman–Crippen MR) is 83.1 cm³/mol. The standard InChI is InChI=1S/C16H18ClFN4/c1-10(2)16-20-6-12-9-22(4-3-14(12)21-16)8-11-5-13(17)7-19-15(11)18/h5-7,10H,3-4,8-9H2,1-2H3.